The normalized spacial score (nSPS) is 16.2. The summed E-state index contributed by atoms with van der Waals surface area (Å²) in [6, 6.07) is 8.01. The molecule has 1 N–H and O–H groups in total. The molecule has 1 heterocycles. The van der Waals surface area contributed by atoms with Gasteiger partial charge in [-0.05, 0) is 25.0 Å². The van der Waals surface area contributed by atoms with Gasteiger partial charge in [-0.1, -0.05) is 25.3 Å². The zero-order valence-corrected chi connectivity index (χ0v) is 10.5. The molecule has 1 aliphatic rings. The largest absolute Gasteiger partial charge is 0.395 e. The van der Waals surface area contributed by atoms with E-state index in [0.717, 1.165) is 18.7 Å². The van der Waals surface area contributed by atoms with Gasteiger partial charge in [0, 0.05) is 12.6 Å². The van der Waals surface area contributed by atoms with Crippen LogP contribution in [0, 0.1) is 11.3 Å². The Morgan fingerprint density at radius 2 is 2.11 bits per heavy atom. The molecule has 0 spiro atoms. The predicted molar refractivity (Wildman–Crippen MR) is 70.3 cm³/mol. The molecule has 4 nitrogen and oxygen atoms in total. The molecule has 18 heavy (non-hydrogen) atoms. The van der Waals surface area contributed by atoms with Crippen molar-refractivity contribution >= 4 is 5.82 Å². The smallest absolute Gasteiger partial charge is 0.142 e. The number of rotatable bonds is 4. The third kappa shape index (κ3) is 2.99. The lowest BCUT2D eigenvalue weighted by atomic mass is 9.94. The summed E-state index contributed by atoms with van der Waals surface area (Å²) in [5.41, 5.74) is 0.436. The van der Waals surface area contributed by atoms with Crippen LogP contribution >= 0.6 is 0 Å². The van der Waals surface area contributed by atoms with Crippen molar-refractivity contribution in [1.82, 2.24) is 4.98 Å². The number of nitriles is 1. The molecule has 4 heteroatoms. The first-order valence-electron chi connectivity index (χ1n) is 6.60. The Bertz CT molecular complexity index is 421. The molecule has 0 aromatic carbocycles. The fourth-order valence-electron chi connectivity index (χ4n) is 2.63. The lowest BCUT2D eigenvalue weighted by Gasteiger charge is -2.34. The number of aliphatic hydroxyl groups excluding tert-OH is 1. The van der Waals surface area contributed by atoms with Gasteiger partial charge in [-0.15, -0.1) is 0 Å². The van der Waals surface area contributed by atoms with E-state index in [1.807, 2.05) is 12.1 Å². The van der Waals surface area contributed by atoms with Crippen LogP contribution in [0.25, 0.3) is 0 Å². The molecule has 0 aliphatic heterocycles. The van der Waals surface area contributed by atoms with E-state index in [1.165, 1.54) is 19.3 Å². The van der Waals surface area contributed by atoms with Gasteiger partial charge >= 0.3 is 0 Å². The molecule has 0 amide bonds. The number of aromatic nitrogens is 1. The first kappa shape index (κ1) is 12.8. The van der Waals surface area contributed by atoms with Crippen molar-refractivity contribution in [2.75, 3.05) is 18.1 Å². The Kier molecular flexibility index (Phi) is 4.54. The lowest BCUT2D eigenvalue weighted by Crippen LogP contribution is -2.39. The summed E-state index contributed by atoms with van der Waals surface area (Å²) in [6.07, 6.45) is 6.08. The molecule has 1 aromatic rings. The van der Waals surface area contributed by atoms with E-state index in [0.29, 0.717) is 18.3 Å². The van der Waals surface area contributed by atoms with Crippen molar-refractivity contribution in [1.29, 1.82) is 5.26 Å². The average Bonchev–Trinajstić information content (AvgIpc) is 2.46. The maximum Gasteiger partial charge on any atom is 0.142 e. The minimum absolute atomic E-state index is 0.120. The highest BCUT2D eigenvalue weighted by Crippen LogP contribution is 2.26. The third-order valence-corrected chi connectivity index (χ3v) is 3.50. The third-order valence-electron chi connectivity index (χ3n) is 3.50. The van der Waals surface area contributed by atoms with Gasteiger partial charge in [0.2, 0.25) is 0 Å². The summed E-state index contributed by atoms with van der Waals surface area (Å²) < 4.78 is 0. The number of hydrogen-bond donors (Lipinski definition) is 1. The van der Waals surface area contributed by atoms with Crippen molar-refractivity contribution in [2.24, 2.45) is 0 Å². The van der Waals surface area contributed by atoms with Gasteiger partial charge in [0.1, 0.15) is 17.6 Å². The van der Waals surface area contributed by atoms with Crippen LogP contribution < -0.4 is 4.90 Å². The highest BCUT2D eigenvalue weighted by Gasteiger charge is 2.21. The van der Waals surface area contributed by atoms with Gasteiger partial charge in [0.05, 0.1) is 6.61 Å². The first-order valence-corrected chi connectivity index (χ1v) is 6.60. The van der Waals surface area contributed by atoms with E-state index in [9.17, 15) is 5.11 Å². The van der Waals surface area contributed by atoms with E-state index in [4.69, 9.17) is 5.26 Å². The molecule has 1 fully saturated rings. The van der Waals surface area contributed by atoms with Crippen LogP contribution in [0.4, 0.5) is 5.82 Å². The van der Waals surface area contributed by atoms with Crippen molar-refractivity contribution in [3.8, 4) is 6.07 Å². The summed E-state index contributed by atoms with van der Waals surface area (Å²) in [5, 5.41) is 18.1. The minimum Gasteiger partial charge on any atom is -0.395 e. The Morgan fingerprint density at radius 1 is 1.33 bits per heavy atom. The first-order chi connectivity index (χ1) is 8.85. The van der Waals surface area contributed by atoms with Crippen LogP contribution in [0.2, 0.25) is 0 Å². The number of aliphatic hydroxyl groups is 1. The van der Waals surface area contributed by atoms with E-state index in [1.54, 1.807) is 6.07 Å². The SMILES string of the molecule is N#Cc1cccc(N(CCO)C2CCCCC2)n1. The molecule has 96 valence electrons. The fourth-order valence-corrected chi connectivity index (χ4v) is 2.63. The summed E-state index contributed by atoms with van der Waals surface area (Å²) in [7, 11) is 0. The van der Waals surface area contributed by atoms with Crippen LogP contribution in [0.5, 0.6) is 0 Å². The van der Waals surface area contributed by atoms with Gasteiger partial charge in [-0.3, -0.25) is 0 Å². The van der Waals surface area contributed by atoms with Crippen molar-refractivity contribution < 1.29 is 5.11 Å². The molecule has 1 aliphatic carbocycles. The summed E-state index contributed by atoms with van der Waals surface area (Å²) in [4.78, 5) is 6.49. The molecule has 0 bridgehead atoms. The second-order valence-corrected chi connectivity index (χ2v) is 4.70. The van der Waals surface area contributed by atoms with Gasteiger partial charge < -0.3 is 10.0 Å². The Labute approximate surface area is 108 Å². The van der Waals surface area contributed by atoms with E-state index < -0.39 is 0 Å². The molecular formula is C14H19N3O. The van der Waals surface area contributed by atoms with Gasteiger partial charge in [0.25, 0.3) is 0 Å². The molecule has 1 saturated carbocycles. The van der Waals surface area contributed by atoms with E-state index in [-0.39, 0.29) is 6.61 Å². The lowest BCUT2D eigenvalue weighted by molar-refractivity contribution is 0.289. The number of nitrogens with zero attached hydrogens (tertiary/aromatic N) is 3. The molecule has 2 rings (SSSR count). The Balaban J connectivity index is 2.19. The topological polar surface area (TPSA) is 60.2 Å². The second kappa shape index (κ2) is 6.36. The van der Waals surface area contributed by atoms with Crippen molar-refractivity contribution in [3.63, 3.8) is 0 Å². The van der Waals surface area contributed by atoms with Crippen molar-refractivity contribution in [3.05, 3.63) is 23.9 Å². The van der Waals surface area contributed by atoms with Crippen LogP contribution in [-0.4, -0.2) is 29.3 Å². The highest BCUT2D eigenvalue weighted by atomic mass is 16.3. The predicted octanol–water partition coefficient (Wildman–Crippen LogP) is 2.08. The van der Waals surface area contributed by atoms with Crippen LogP contribution in [0.3, 0.4) is 0 Å². The number of hydrogen-bond acceptors (Lipinski definition) is 4. The van der Waals surface area contributed by atoms with E-state index >= 15 is 0 Å². The second-order valence-electron chi connectivity index (χ2n) is 4.70. The van der Waals surface area contributed by atoms with Gasteiger partial charge in [0.15, 0.2) is 0 Å². The highest BCUT2D eigenvalue weighted by molar-refractivity contribution is 5.42. The summed E-state index contributed by atoms with van der Waals surface area (Å²) >= 11 is 0. The molecule has 1 aromatic heterocycles. The van der Waals surface area contributed by atoms with Crippen molar-refractivity contribution in [2.45, 2.75) is 38.1 Å². The van der Waals surface area contributed by atoms with Crippen LogP contribution in [0.1, 0.15) is 37.8 Å². The fraction of sp³-hybridized carbons (Fsp3) is 0.571. The molecule has 0 saturated heterocycles. The maximum absolute atomic E-state index is 9.22. The van der Waals surface area contributed by atoms with Gasteiger partial charge in [-0.25, -0.2) is 4.98 Å². The molecular weight excluding hydrogens is 226 g/mol. The number of anilines is 1. The number of pyridine rings is 1. The average molecular weight is 245 g/mol. The minimum atomic E-state index is 0.120. The maximum atomic E-state index is 9.22. The zero-order valence-electron chi connectivity index (χ0n) is 10.5. The molecule has 0 unspecified atom stereocenters. The van der Waals surface area contributed by atoms with E-state index in [2.05, 4.69) is 16.0 Å². The Morgan fingerprint density at radius 3 is 2.78 bits per heavy atom. The quantitative estimate of drug-likeness (QED) is 0.882. The Hall–Kier alpha value is -1.60. The molecule has 0 radical (unpaired) electrons. The zero-order chi connectivity index (χ0) is 12.8. The summed E-state index contributed by atoms with van der Waals surface area (Å²) in [5.74, 6) is 0.815. The monoisotopic (exact) mass is 245 g/mol. The van der Waals surface area contributed by atoms with Crippen LogP contribution in [0.15, 0.2) is 18.2 Å². The van der Waals surface area contributed by atoms with Crippen LogP contribution in [-0.2, 0) is 0 Å². The molecule has 0 atom stereocenters. The van der Waals surface area contributed by atoms with Gasteiger partial charge in [-0.2, -0.15) is 5.26 Å². The summed E-state index contributed by atoms with van der Waals surface area (Å²) in [6.45, 7) is 0.710. The standard InChI is InChI=1S/C14H19N3O/c15-11-12-5-4-8-14(16-12)17(9-10-18)13-6-2-1-3-7-13/h4-5,8,13,18H,1-3,6-7,9-10H2.